The topological polar surface area (TPSA) is 41.6 Å². The fraction of sp³-hybridized carbons (Fsp3) is 0.929. The highest BCUT2D eigenvalue weighted by molar-refractivity contribution is 7.99. The third-order valence-electron chi connectivity index (χ3n) is 4.79. The molecule has 0 aromatic rings. The highest BCUT2D eigenvalue weighted by atomic mass is 32.2. The first-order chi connectivity index (χ1) is 8.86. The lowest BCUT2D eigenvalue weighted by Gasteiger charge is -2.36. The third kappa shape index (κ3) is 2.49. The molecule has 0 amide bonds. The Labute approximate surface area is 115 Å². The maximum absolute atomic E-state index is 6.19. The first-order valence-corrected chi connectivity index (χ1v) is 8.68. The second kappa shape index (κ2) is 5.72. The molecule has 3 aliphatic rings. The number of hydrogen-bond donors (Lipinski definition) is 1. The van der Waals surface area contributed by atoms with E-state index in [1.807, 2.05) is 0 Å². The molecule has 0 radical (unpaired) electrons. The van der Waals surface area contributed by atoms with Crippen LogP contribution in [0.1, 0.15) is 44.9 Å². The fourth-order valence-electron chi connectivity index (χ4n) is 3.75. The second-order valence-electron chi connectivity index (χ2n) is 5.94. The molecular weight excluding hydrogens is 242 g/mol. The number of thioether (sulfide) groups is 1. The molecule has 3 rings (SSSR count). The Kier molecular flexibility index (Phi) is 4.02. The molecule has 0 spiro atoms. The van der Waals surface area contributed by atoms with Crippen LogP contribution < -0.4 is 5.73 Å². The van der Waals surface area contributed by atoms with Crippen molar-refractivity contribution in [2.75, 3.05) is 18.1 Å². The molecule has 3 nitrogen and oxygen atoms in total. The number of nitrogens with zero attached hydrogens (tertiary/aromatic N) is 2. The molecule has 102 valence electrons. The minimum atomic E-state index is 0.614. The first-order valence-electron chi connectivity index (χ1n) is 7.52. The zero-order valence-electron chi connectivity index (χ0n) is 11.2. The molecule has 4 heteroatoms. The van der Waals surface area contributed by atoms with Gasteiger partial charge in [-0.3, -0.25) is 4.99 Å². The van der Waals surface area contributed by atoms with Crippen LogP contribution in [0.5, 0.6) is 0 Å². The summed E-state index contributed by atoms with van der Waals surface area (Å²) in [7, 11) is 0. The van der Waals surface area contributed by atoms with Crippen molar-refractivity contribution < 1.29 is 0 Å². The molecule has 2 heterocycles. The zero-order valence-corrected chi connectivity index (χ0v) is 12.0. The number of nitrogens with two attached hydrogens (primary N) is 1. The van der Waals surface area contributed by atoms with Crippen LogP contribution in [-0.4, -0.2) is 41.0 Å². The molecule has 18 heavy (non-hydrogen) atoms. The molecule has 0 bridgehead atoms. The molecule has 1 aliphatic carbocycles. The molecule has 2 atom stereocenters. The summed E-state index contributed by atoms with van der Waals surface area (Å²) in [6.07, 6.45) is 9.58. The van der Waals surface area contributed by atoms with Crippen molar-refractivity contribution in [1.82, 2.24) is 4.90 Å². The number of aliphatic imine (C=N–C) groups is 1. The van der Waals surface area contributed by atoms with E-state index in [1.165, 1.54) is 56.5 Å². The number of guanidine groups is 1. The van der Waals surface area contributed by atoms with Crippen molar-refractivity contribution in [2.24, 2.45) is 16.6 Å². The second-order valence-corrected chi connectivity index (χ2v) is 7.09. The van der Waals surface area contributed by atoms with Gasteiger partial charge in [0, 0.05) is 6.04 Å². The molecule has 1 saturated heterocycles. The van der Waals surface area contributed by atoms with E-state index in [4.69, 9.17) is 5.73 Å². The highest BCUT2D eigenvalue weighted by Crippen LogP contribution is 2.34. The van der Waals surface area contributed by atoms with Crippen molar-refractivity contribution in [1.29, 1.82) is 0 Å². The Bertz CT molecular complexity index is 304. The standard InChI is InChI=1S/C14H25N3S/c15-14-16-9-13(11-7-8-18-10-11)17(14)12-5-3-1-2-4-6-12/h11-13H,1-10H2,(H2,15,16). The van der Waals surface area contributed by atoms with Crippen LogP contribution in [-0.2, 0) is 0 Å². The Morgan fingerprint density at radius 2 is 1.89 bits per heavy atom. The quantitative estimate of drug-likeness (QED) is 0.782. The van der Waals surface area contributed by atoms with Crippen LogP contribution in [0.2, 0.25) is 0 Å². The van der Waals surface area contributed by atoms with Crippen LogP contribution in [0.15, 0.2) is 4.99 Å². The summed E-state index contributed by atoms with van der Waals surface area (Å²) in [5, 5.41) is 0. The molecule has 2 N–H and O–H groups in total. The van der Waals surface area contributed by atoms with E-state index in [1.54, 1.807) is 0 Å². The predicted molar refractivity (Wildman–Crippen MR) is 79.0 cm³/mol. The zero-order chi connectivity index (χ0) is 12.4. The lowest BCUT2D eigenvalue weighted by molar-refractivity contribution is 0.191. The smallest absolute Gasteiger partial charge is 0.191 e. The third-order valence-corrected chi connectivity index (χ3v) is 5.98. The van der Waals surface area contributed by atoms with Crippen molar-refractivity contribution in [3.05, 3.63) is 0 Å². The average molecular weight is 267 g/mol. The minimum absolute atomic E-state index is 0.614. The maximum atomic E-state index is 6.19. The number of rotatable bonds is 2. The molecule has 0 aromatic heterocycles. The Balaban J connectivity index is 1.71. The van der Waals surface area contributed by atoms with Crippen LogP contribution in [0.25, 0.3) is 0 Å². The van der Waals surface area contributed by atoms with Crippen molar-refractivity contribution >= 4 is 17.7 Å². The van der Waals surface area contributed by atoms with Gasteiger partial charge in [-0.1, -0.05) is 25.7 Å². The summed E-state index contributed by atoms with van der Waals surface area (Å²) >= 11 is 2.10. The van der Waals surface area contributed by atoms with Crippen LogP contribution in [0.4, 0.5) is 0 Å². The van der Waals surface area contributed by atoms with E-state index in [-0.39, 0.29) is 0 Å². The first kappa shape index (κ1) is 12.6. The van der Waals surface area contributed by atoms with E-state index >= 15 is 0 Å². The predicted octanol–water partition coefficient (Wildman–Crippen LogP) is 2.46. The molecule has 2 fully saturated rings. The monoisotopic (exact) mass is 267 g/mol. The van der Waals surface area contributed by atoms with E-state index in [9.17, 15) is 0 Å². The van der Waals surface area contributed by atoms with Gasteiger partial charge in [-0.15, -0.1) is 0 Å². The van der Waals surface area contributed by atoms with Gasteiger partial charge < -0.3 is 10.6 Å². The Hall–Kier alpha value is -0.380. The van der Waals surface area contributed by atoms with Gasteiger partial charge in [0.2, 0.25) is 0 Å². The van der Waals surface area contributed by atoms with E-state index in [0.717, 1.165) is 18.4 Å². The lowest BCUT2D eigenvalue weighted by Crippen LogP contribution is -2.50. The molecule has 2 aliphatic heterocycles. The fourth-order valence-corrected chi connectivity index (χ4v) is 5.08. The van der Waals surface area contributed by atoms with Crippen LogP contribution in [0, 0.1) is 5.92 Å². The summed E-state index contributed by atoms with van der Waals surface area (Å²) in [5.74, 6) is 4.31. The van der Waals surface area contributed by atoms with Crippen LogP contribution >= 0.6 is 11.8 Å². The molecule has 1 saturated carbocycles. The Morgan fingerprint density at radius 1 is 1.11 bits per heavy atom. The summed E-state index contributed by atoms with van der Waals surface area (Å²) < 4.78 is 0. The Morgan fingerprint density at radius 3 is 2.56 bits per heavy atom. The summed E-state index contributed by atoms with van der Waals surface area (Å²) in [5.41, 5.74) is 6.19. The summed E-state index contributed by atoms with van der Waals surface area (Å²) in [4.78, 5) is 7.08. The van der Waals surface area contributed by atoms with Crippen molar-refractivity contribution in [3.63, 3.8) is 0 Å². The van der Waals surface area contributed by atoms with Gasteiger partial charge in [-0.25, -0.2) is 0 Å². The minimum Gasteiger partial charge on any atom is -0.370 e. The molecule has 2 unspecified atom stereocenters. The van der Waals surface area contributed by atoms with E-state index < -0.39 is 0 Å². The molecule has 0 aromatic carbocycles. The molecular formula is C14H25N3S. The summed E-state index contributed by atoms with van der Waals surface area (Å²) in [6, 6.07) is 1.29. The van der Waals surface area contributed by atoms with Gasteiger partial charge in [-0.05, 0) is 36.7 Å². The normalized spacial score (nSPS) is 34.7. The van der Waals surface area contributed by atoms with Gasteiger partial charge in [0.1, 0.15) is 0 Å². The average Bonchev–Trinajstić information content (AvgIpc) is 2.93. The lowest BCUT2D eigenvalue weighted by atomic mass is 9.95. The van der Waals surface area contributed by atoms with Gasteiger partial charge >= 0.3 is 0 Å². The van der Waals surface area contributed by atoms with Gasteiger partial charge in [-0.2, -0.15) is 11.8 Å². The van der Waals surface area contributed by atoms with Gasteiger partial charge in [0.05, 0.1) is 12.6 Å². The van der Waals surface area contributed by atoms with Crippen molar-refractivity contribution in [3.8, 4) is 0 Å². The van der Waals surface area contributed by atoms with Gasteiger partial charge in [0.15, 0.2) is 5.96 Å². The van der Waals surface area contributed by atoms with Crippen molar-refractivity contribution in [2.45, 2.75) is 57.0 Å². The van der Waals surface area contributed by atoms with E-state index in [0.29, 0.717) is 12.1 Å². The SMILES string of the molecule is NC1=NCC(C2CCSC2)N1C1CCCCCC1. The maximum Gasteiger partial charge on any atom is 0.191 e. The van der Waals surface area contributed by atoms with Gasteiger partial charge in [0.25, 0.3) is 0 Å². The summed E-state index contributed by atoms with van der Waals surface area (Å²) in [6.45, 7) is 0.952. The van der Waals surface area contributed by atoms with E-state index in [2.05, 4.69) is 21.7 Å². The highest BCUT2D eigenvalue weighted by Gasteiger charge is 2.38. The largest absolute Gasteiger partial charge is 0.370 e. The number of hydrogen-bond acceptors (Lipinski definition) is 4. The van der Waals surface area contributed by atoms with Crippen LogP contribution in [0.3, 0.4) is 0 Å².